The van der Waals surface area contributed by atoms with Gasteiger partial charge in [-0.1, -0.05) is 101 Å². The third kappa shape index (κ3) is 6.58. The van der Waals surface area contributed by atoms with Crippen molar-refractivity contribution in [3.05, 3.63) is 180 Å². The minimum absolute atomic E-state index is 0.200. The molecule has 15 rings (SSSR count). The van der Waals surface area contributed by atoms with Crippen LogP contribution in [0.1, 0.15) is 124 Å². The fourth-order valence-electron chi connectivity index (χ4n) is 13.9. The van der Waals surface area contributed by atoms with Crippen LogP contribution >= 0.6 is 0 Å². The zero-order valence-corrected chi connectivity index (χ0v) is 41.5. The fourth-order valence-corrected chi connectivity index (χ4v) is 13.9. The normalized spacial score (nSPS) is 18.2. The second-order valence-electron chi connectivity index (χ2n) is 21.9. The number of fused-ring (bicyclic) bond motifs is 15. The van der Waals surface area contributed by atoms with Gasteiger partial charge < -0.3 is 0 Å². The van der Waals surface area contributed by atoms with Gasteiger partial charge in [-0.3, -0.25) is 29.1 Å². The Morgan fingerprint density at radius 2 is 0.932 bits per heavy atom. The summed E-state index contributed by atoms with van der Waals surface area (Å²) in [5.41, 5.74) is 18.9. The molecule has 4 aliphatic rings. The summed E-state index contributed by atoms with van der Waals surface area (Å²) >= 11 is 0. The van der Waals surface area contributed by atoms with E-state index in [1.807, 2.05) is 49.1 Å². The van der Waals surface area contributed by atoms with E-state index in [1.54, 1.807) is 0 Å². The maximum atomic E-state index is 5.68. The Hall–Kier alpha value is -7.84. The summed E-state index contributed by atoms with van der Waals surface area (Å²) in [6, 6.07) is 42.8. The predicted octanol–water partition coefficient (Wildman–Crippen LogP) is 16.1. The van der Waals surface area contributed by atoms with Gasteiger partial charge in [0.05, 0.1) is 44.1 Å². The van der Waals surface area contributed by atoms with Crippen LogP contribution in [0.15, 0.2) is 152 Å². The first-order valence-electron chi connectivity index (χ1n) is 26.8. The van der Waals surface area contributed by atoms with Crippen LogP contribution < -0.4 is 0 Å². The Balaban J connectivity index is 0.876. The molecule has 73 heavy (non-hydrogen) atoms. The lowest BCUT2D eigenvalue weighted by molar-refractivity contribution is 0.418. The number of hydrogen-bond donors (Lipinski definition) is 0. The van der Waals surface area contributed by atoms with E-state index in [-0.39, 0.29) is 11.3 Å². The van der Waals surface area contributed by atoms with Gasteiger partial charge in [-0.05, 0) is 168 Å². The molecule has 2 saturated carbocycles. The molecule has 0 radical (unpaired) electrons. The SMILES string of the molecule is CC1(C)c2cc(-c3nc4c5cccnc5c5ncccc5c4n3-c3ccc(C4CCCCC4)cc3)ccc2C2=CC=C(c3nc4c5cccnc5c5ncccc5c4n3-c3ccc(C4CCCCC4)cc3)CC21. The van der Waals surface area contributed by atoms with E-state index in [2.05, 4.69) is 126 Å². The quantitative estimate of drug-likeness (QED) is 0.154. The minimum atomic E-state index is -0.200. The van der Waals surface area contributed by atoms with Gasteiger partial charge in [0.15, 0.2) is 0 Å². The van der Waals surface area contributed by atoms with E-state index in [4.69, 9.17) is 29.9 Å². The number of benzene rings is 5. The van der Waals surface area contributed by atoms with Gasteiger partial charge in [-0.15, -0.1) is 0 Å². The Labute approximate surface area is 424 Å². The average Bonchev–Trinajstić information content (AvgIpc) is 4.13. The van der Waals surface area contributed by atoms with Crippen molar-refractivity contribution in [2.75, 3.05) is 0 Å². The Morgan fingerprint density at radius 3 is 1.45 bits per heavy atom. The molecule has 6 heterocycles. The smallest absolute Gasteiger partial charge is 0.145 e. The van der Waals surface area contributed by atoms with Crippen LogP contribution in [-0.2, 0) is 5.41 Å². The van der Waals surface area contributed by atoms with Gasteiger partial charge in [0.1, 0.15) is 11.6 Å². The number of hydrogen-bond acceptors (Lipinski definition) is 6. The molecule has 11 aromatic rings. The molecule has 2 fully saturated rings. The molecule has 0 saturated heterocycles. The highest BCUT2D eigenvalue weighted by molar-refractivity contribution is 6.23. The topological polar surface area (TPSA) is 87.2 Å². The van der Waals surface area contributed by atoms with Crippen LogP contribution in [0.5, 0.6) is 0 Å². The summed E-state index contributed by atoms with van der Waals surface area (Å²) in [7, 11) is 0. The van der Waals surface area contributed by atoms with Crippen LogP contribution in [0.2, 0.25) is 0 Å². The maximum Gasteiger partial charge on any atom is 0.145 e. The van der Waals surface area contributed by atoms with E-state index in [1.165, 1.54) is 97.6 Å². The van der Waals surface area contributed by atoms with Crippen molar-refractivity contribution in [2.45, 2.75) is 102 Å². The third-order valence-electron chi connectivity index (χ3n) is 17.6. The van der Waals surface area contributed by atoms with Crippen molar-refractivity contribution in [3.8, 4) is 22.8 Å². The highest BCUT2D eigenvalue weighted by atomic mass is 15.1. The zero-order chi connectivity index (χ0) is 48.4. The zero-order valence-electron chi connectivity index (χ0n) is 41.5. The molecule has 0 bridgehead atoms. The summed E-state index contributed by atoms with van der Waals surface area (Å²) < 4.78 is 4.83. The number of rotatable bonds is 6. The van der Waals surface area contributed by atoms with Crippen molar-refractivity contribution >= 4 is 76.8 Å². The number of aromatic nitrogens is 8. The minimum Gasteiger partial charge on any atom is -0.292 e. The molecule has 0 N–H and O–H groups in total. The van der Waals surface area contributed by atoms with E-state index < -0.39 is 0 Å². The first-order chi connectivity index (χ1) is 36.0. The summed E-state index contributed by atoms with van der Waals surface area (Å²) in [6.45, 7) is 4.89. The van der Waals surface area contributed by atoms with Gasteiger partial charge in [0.2, 0.25) is 0 Å². The molecule has 4 aliphatic carbocycles. The second-order valence-corrected chi connectivity index (χ2v) is 21.9. The van der Waals surface area contributed by atoms with Gasteiger partial charge in [0.25, 0.3) is 0 Å². The van der Waals surface area contributed by atoms with Crippen molar-refractivity contribution in [3.63, 3.8) is 0 Å². The van der Waals surface area contributed by atoms with Crippen molar-refractivity contribution in [2.24, 2.45) is 5.92 Å². The van der Waals surface area contributed by atoms with Crippen molar-refractivity contribution in [1.82, 2.24) is 39.0 Å². The summed E-state index contributed by atoms with van der Waals surface area (Å²) in [5, 5.41) is 4.15. The van der Waals surface area contributed by atoms with Crippen LogP contribution in [0.25, 0.3) is 99.6 Å². The molecule has 1 atom stereocenters. The standard InChI is InChI=1S/C65H56N8/c1-65(2)53-37-43(63-70-59-49-17-9-33-66-55(49)57-51(19-11-35-68-57)61(59)72(63)45-27-21-41(22-28-45)39-13-5-3-6-14-39)25-31-47(53)48-32-26-44(38-54(48)65)64-71-60-50-18-10-34-67-56(50)58-52(20-12-36-69-58)62(60)73(64)46-29-23-42(24-30-46)40-15-7-4-8-16-40/h9-12,17-37,39-40,54H,3-8,13-16,38H2,1-2H3. The average molecular weight is 949 g/mol. The lowest BCUT2D eigenvalue weighted by Crippen LogP contribution is -2.25. The van der Waals surface area contributed by atoms with Crippen LogP contribution in [0.4, 0.5) is 0 Å². The Morgan fingerprint density at radius 1 is 0.466 bits per heavy atom. The second kappa shape index (κ2) is 16.6. The molecule has 8 heteroatoms. The molecule has 1 unspecified atom stereocenters. The molecular weight excluding hydrogens is 893 g/mol. The molecular formula is C65H56N8. The van der Waals surface area contributed by atoms with E-state index >= 15 is 0 Å². The van der Waals surface area contributed by atoms with Gasteiger partial charge in [-0.25, -0.2) is 9.97 Å². The van der Waals surface area contributed by atoms with Gasteiger partial charge in [-0.2, -0.15) is 0 Å². The molecule has 8 nitrogen and oxygen atoms in total. The van der Waals surface area contributed by atoms with Gasteiger partial charge in [0, 0.05) is 63.3 Å². The fraction of sp³-hybridized carbons (Fsp3) is 0.262. The molecule has 0 aliphatic heterocycles. The van der Waals surface area contributed by atoms with E-state index in [0.29, 0.717) is 11.8 Å². The number of imidazole rings is 2. The van der Waals surface area contributed by atoms with Gasteiger partial charge >= 0.3 is 0 Å². The number of pyridine rings is 4. The molecule has 0 amide bonds. The van der Waals surface area contributed by atoms with E-state index in [0.717, 1.165) is 101 Å². The van der Waals surface area contributed by atoms with Crippen LogP contribution in [-0.4, -0.2) is 39.0 Å². The van der Waals surface area contributed by atoms with Crippen molar-refractivity contribution in [1.29, 1.82) is 0 Å². The largest absolute Gasteiger partial charge is 0.292 e. The summed E-state index contributed by atoms with van der Waals surface area (Å²) in [4.78, 5) is 31.0. The monoisotopic (exact) mass is 948 g/mol. The Kier molecular flexibility index (Phi) is 9.74. The van der Waals surface area contributed by atoms with Crippen LogP contribution in [0, 0.1) is 5.92 Å². The van der Waals surface area contributed by atoms with E-state index in [9.17, 15) is 0 Å². The molecule has 0 spiro atoms. The lowest BCUT2D eigenvalue weighted by atomic mass is 9.72. The Bertz CT molecular complexity index is 4100. The lowest BCUT2D eigenvalue weighted by Gasteiger charge is -2.31. The highest BCUT2D eigenvalue weighted by Gasteiger charge is 2.45. The molecule has 5 aromatic carbocycles. The first kappa shape index (κ1) is 42.8. The number of allylic oxidation sites excluding steroid dienone is 4. The summed E-state index contributed by atoms with van der Waals surface area (Å²) in [6.07, 6.45) is 26.1. The maximum absolute atomic E-state index is 5.68. The predicted molar refractivity (Wildman–Crippen MR) is 298 cm³/mol. The van der Waals surface area contributed by atoms with Crippen LogP contribution in [0.3, 0.4) is 0 Å². The molecule has 356 valence electrons. The first-order valence-corrected chi connectivity index (χ1v) is 26.8. The summed E-state index contributed by atoms with van der Waals surface area (Å²) in [5.74, 6) is 3.39. The van der Waals surface area contributed by atoms with Crippen molar-refractivity contribution < 1.29 is 0 Å². The highest BCUT2D eigenvalue weighted by Crippen LogP contribution is 2.56. The molecule has 6 aromatic heterocycles. The number of nitrogens with zero attached hydrogens (tertiary/aromatic N) is 8. The third-order valence-corrected chi connectivity index (χ3v) is 17.6.